The Balaban J connectivity index is 1.64. The lowest BCUT2D eigenvalue weighted by molar-refractivity contribution is 0.381. The molecule has 7 heteroatoms. The van der Waals surface area contributed by atoms with Crippen LogP contribution in [0.25, 0.3) is 11.5 Å². The van der Waals surface area contributed by atoms with Gasteiger partial charge in [-0.2, -0.15) is 4.98 Å². The summed E-state index contributed by atoms with van der Waals surface area (Å²) in [7, 11) is 0. The topological polar surface area (TPSA) is 69.7 Å². The average molecular weight is 349 g/mol. The van der Waals surface area contributed by atoms with E-state index in [2.05, 4.69) is 46.3 Å². The first kappa shape index (κ1) is 13.2. The number of rotatable bonds is 2. The minimum atomic E-state index is 0.523. The summed E-state index contributed by atoms with van der Waals surface area (Å²) in [5.74, 6) is 2.23. The first-order valence-electron chi connectivity index (χ1n) is 7.33. The molecule has 0 bridgehead atoms. The van der Waals surface area contributed by atoms with E-state index in [-0.39, 0.29) is 0 Å². The number of H-pyrrole nitrogens is 1. The predicted molar refractivity (Wildman–Crippen MR) is 84.0 cm³/mol. The standard InChI is InChI=1S/C14H17BrN6/c15-10-4-1-5-17-12(10)13-18-14(20-19-13)21-6-2-3-9-7-16-8-11(9)21/h1,4-5,9,11,16H,2-3,6-8H2,(H,18,19,20). The van der Waals surface area contributed by atoms with Crippen molar-refractivity contribution in [2.24, 2.45) is 5.92 Å². The van der Waals surface area contributed by atoms with Gasteiger partial charge in [-0.25, -0.2) is 0 Å². The number of hydrogen-bond donors (Lipinski definition) is 2. The summed E-state index contributed by atoms with van der Waals surface area (Å²) in [6.07, 6.45) is 4.28. The molecule has 2 fully saturated rings. The predicted octanol–water partition coefficient (Wildman–Crippen LogP) is 1.82. The Hall–Kier alpha value is -1.47. The molecule has 2 saturated heterocycles. The number of anilines is 1. The number of fused-ring (bicyclic) bond motifs is 1. The van der Waals surface area contributed by atoms with E-state index < -0.39 is 0 Å². The fraction of sp³-hybridized carbons (Fsp3) is 0.500. The number of nitrogens with one attached hydrogen (secondary N) is 2. The van der Waals surface area contributed by atoms with Crippen LogP contribution in [0.4, 0.5) is 5.95 Å². The summed E-state index contributed by atoms with van der Waals surface area (Å²) in [6, 6.07) is 4.38. The molecule has 0 aromatic carbocycles. The highest BCUT2D eigenvalue weighted by atomic mass is 79.9. The van der Waals surface area contributed by atoms with Gasteiger partial charge in [-0.3, -0.25) is 10.1 Å². The van der Waals surface area contributed by atoms with E-state index in [1.54, 1.807) is 6.20 Å². The summed E-state index contributed by atoms with van der Waals surface area (Å²) in [5.41, 5.74) is 0.800. The third kappa shape index (κ3) is 2.34. The van der Waals surface area contributed by atoms with E-state index in [1.807, 2.05) is 12.1 Å². The van der Waals surface area contributed by atoms with E-state index in [9.17, 15) is 0 Å². The normalized spacial score (nSPS) is 25.1. The molecule has 0 spiro atoms. The summed E-state index contributed by atoms with van der Waals surface area (Å²) < 4.78 is 0.923. The lowest BCUT2D eigenvalue weighted by atomic mass is 9.92. The molecular weight excluding hydrogens is 332 g/mol. The van der Waals surface area contributed by atoms with Crippen LogP contribution in [0.15, 0.2) is 22.8 Å². The van der Waals surface area contributed by atoms with Gasteiger partial charge in [0.2, 0.25) is 5.95 Å². The van der Waals surface area contributed by atoms with Crippen molar-refractivity contribution in [3.63, 3.8) is 0 Å². The smallest absolute Gasteiger partial charge is 0.245 e. The molecule has 0 saturated carbocycles. The molecule has 2 unspecified atom stereocenters. The number of halogens is 1. The zero-order chi connectivity index (χ0) is 14.2. The third-order valence-corrected chi connectivity index (χ3v) is 5.03. The van der Waals surface area contributed by atoms with Gasteiger partial charge in [0.1, 0.15) is 5.69 Å². The molecule has 6 nitrogen and oxygen atoms in total. The maximum absolute atomic E-state index is 4.66. The number of piperidine rings is 1. The van der Waals surface area contributed by atoms with Crippen LogP contribution in [0.5, 0.6) is 0 Å². The molecule has 4 heterocycles. The van der Waals surface area contributed by atoms with Crippen LogP contribution in [0.1, 0.15) is 12.8 Å². The average Bonchev–Trinajstić information content (AvgIpc) is 3.16. The zero-order valence-electron chi connectivity index (χ0n) is 11.6. The quantitative estimate of drug-likeness (QED) is 0.866. The summed E-state index contributed by atoms with van der Waals surface area (Å²) >= 11 is 3.51. The lowest BCUT2D eigenvalue weighted by Crippen LogP contribution is -2.45. The van der Waals surface area contributed by atoms with Crippen molar-refractivity contribution in [1.82, 2.24) is 25.5 Å². The maximum Gasteiger partial charge on any atom is 0.245 e. The van der Waals surface area contributed by atoms with Gasteiger partial charge in [0, 0.05) is 36.3 Å². The van der Waals surface area contributed by atoms with Crippen LogP contribution in [0.2, 0.25) is 0 Å². The van der Waals surface area contributed by atoms with Crippen LogP contribution in [-0.2, 0) is 0 Å². The van der Waals surface area contributed by atoms with Crippen molar-refractivity contribution in [2.75, 3.05) is 24.5 Å². The van der Waals surface area contributed by atoms with E-state index in [0.717, 1.165) is 41.7 Å². The Bertz CT molecular complexity index is 642. The highest BCUT2D eigenvalue weighted by Crippen LogP contribution is 2.30. The second kappa shape index (κ2) is 5.38. The highest BCUT2D eigenvalue weighted by molar-refractivity contribution is 9.10. The van der Waals surface area contributed by atoms with Crippen LogP contribution >= 0.6 is 15.9 Å². The molecule has 2 aromatic rings. The number of nitrogens with zero attached hydrogens (tertiary/aromatic N) is 4. The minimum Gasteiger partial charge on any atom is -0.335 e. The van der Waals surface area contributed by atoms with E-state index in [1.165, 1.54) is 12.8 Å². The van der Waals surface area contributed by atoms with Crippen molar-refractivity contribution < 1.29 is 0 Å². The Morgan fingerprint density at radius 2 is 2.29 bits per heavy atom. The van der Waals surface area contributed by atoms with Crippen LogP contribution in [0, 0.1) is 5.92 Å². The molecule has 2 aliphatic rings. The molecule has 0 aliphatic carbocycles. The van der Waals surface area contributed by atoms with Gasteiger partial charge in [-0.1, -0.05) is 0 Å². The molecule has 21 heavy (non-hydrogen) atoms. The molecule has 110 valence electrons. The van der Waals surface area contributed by atoms with Gasteiger partial charge in [-0.15, -0.1) is 5.10 Å². The highest BCUT2D eigenvalue weighted by Gasteiger charge is 2.36. The molecule has 0 radical (unpaired) electrons. The second-order valence-electron chi connectivity index (χ2n) is 5.64. The molecule has 2 atom stereocenters. The largest absolute Gasteiger partial charge is 0.335 e. The Labute approximate surface area is 131 Å². The van der Waals surface area contributed by atoms with Crippen molar-refractivity contribution in [2.45, 2.75) is 18.9 Å². The van der Waals surface area contributed by atoms with Crippen LogP contribution < -0.4 is 10.2 Å². The van der Waals surface area contributed by atoms with E-state index in [4.69, 9.17) is 0 Å². The van der Waals surface area contributed by atoms with Crippen LogP contribution in [0.3, 0.4) is 0 Å². The number of aromatic nitrogens is 4. The molecule has 2 N–H and O–H groups in total. The van der Waals surface area contributed by atoms with Gasteiger partial charge in [-0.05, 0) is 46.8 Å². The third-order valence-electron chi connectivity index (χ3n) is 4.39. The van der Waals surface area contributed by atoms with Gasteiger partial charge < -0.3 is 10.2 Å². The minimum absolute atomic E-state index is 0.523. The molecular formula is C14H17BrN6. The molecule has 2 aliphatic heterocycles. The Morgan fingerprint density at radius 1 is 1.33 bits per heavy atom. The fourth-order valence-electron chi connectivity index (χ4n) is 3.36. The first-order chi connectivity index (χ1) is 10.3. The molecule has 0 amide bonds. The monoisotopic (exact) mass is 348 g/mol. The van der Waals surface area contributed by atoms with Crippen molar-refractivity contribution in [1.29, 1.82) is 0 Å². The summed E-state index contributed by atoms with van der Waals surface area (Å²) in [4.78, 5) is 11.4. The van der Waals surface area contributed by atoms with E-state index in [0.29, 0.717) is 11.9 Å². The van der Waals surface area contributed by atoms with Crippen molar-refractivity contribution >= 4 is 21.9 Å². The van der Waals surface area contributed by atoms with Gasteiger partial charge in [0.05, 0.1) is 0 Å². The van der Waals surface area contributed by atoms with Gasteiger partial charge in [0.15, 0.2) is 5.82 Å². The molecule has 2 aromatic heterocycles. The summed E-state index contributed by atoms with van der Waals surface area (Å²) in [6.45, 7) is 3.18. The van der Waals surface area contributed by atoms with Crippen LogP contribution in [-0.4, -0.2) is 45.8 Å². The number of hydrogen-bond acceptors (Lipinski definition) is 5. The van der Waals surface area contributed by atoms with Crippen molar-refractivity contribution in [3.05, 3.63) is 22.8 Å². The van der Waals surface area contributed by atoms with Gasteiger partial charge >= 0.3 is 0 Å². The van der Waals surface area contributed by atoms with E-state index >= 15 is 0 Å². The molecule has 4 rings (SSSR count). The fourth-order valence-corrected chi connectivity index (χ4v) is 3.81. The zero-order valence-corrected chi connectivity index (χ0v) is 13.2. The number of pyridine rings is 1. The Morgan fingerprint density at radius 3 is 3.19 bits per heavy atom. The van der Waals surface area contributed by atoms with Gasteiger partial charge in [0.25, 0.3) is 0 Å². The van der Waals surface area contributed by atoms with Crippen molar-refractivity contribution in [3.8, 4) is 11.5 Å². The maximum atomic E-state index is 4.66. The number of aromatic amines is 1. The SMILES string of the molecule is Brc1cccnc1-c1nc(N2CCCC3CNCC32)n[nH]1. The Kier molecular flexibility index (Phi) is 3.39. The second-order valence-corrected chi connectivity index (χ2v) is 6.49. The lowest BCUT2D eigenvalue weighted by Gasteiger charge is -2.36. The first-order valence-corrected chi connectivity index (χ1v) is 8.13. The summed E-state index contributed by atoms with van der Waals surface area (Å²) in [5, 5.41) is 10.9.